The molecule has 12 heteroatoms. The van der Waals surface area contributed by atoms with E-state index in [9.17, 15) is 36.2 Å². The van der Waals surface area contributed by atoms with Gasteiger partial charge in [-0.25, -0.2) is 14.8 Å². The Morgan fingerprint density at radius 3 is 1.97 bits per heavy atom. The van der Waals surface area contributed by atoms with Crippen molar-refractivity contribution in [2.45, 2.75) is 25.4 Å². The molecule has 0 radical (unpaired) electrons. The standard InChI is InChI=1S/C14H15N3O2.C10H9F6N/c1-17(2)9-12-15-8-11(14(18)19)13(16-12)10-6-4-3-5-7-10;1-17-5-6-2-7(9(11,12)13)4-8(3-6)10(14,15)16/h3-8H,9H2,1-2H3,(H,18,19);2-4,17H,5H2,1H3. The average Bonchev–Trinajstić information content (AvgIpc) is 2.78. The van der Waals surface area contributed by atoms with Crippen LogP contribution in [0.2, 0.25) is 0 Å². The van der Waals surface area contributed by atoms with Crippen molar-refractivity contribution in [2.75, 3.05) is 21.1 Å². The van der Waals surface area contributed by atoms with Gasteiger partial charge in [0.25, 0.3) is 0 Å². The number of hydrogen-bond acceptors (Lipinski definition) is 5. The van der Waals surface area contributed by atoms with E-state index >= 15 is 0 Å². The van der Waals surface area contributed by atoms with Gasteiger partial charge in [-0.3, -0.25) is 0 Å². The molecule has 2 N–H and O–H groups in total. The summed E-state index contributed by atoms with van der Waals surface area (Å²) in [5, 5.41) is 11.7. The van der Waals surface area contributed by atoms with Crippen molar-refractivity contribution in [3.8, 4) is 11.3 Å². The lowest BCUT2D eigenvalue weighted by Gasteiger charge is -2.13. The summed E-state index contributed by atoms with van der Waals surface area (Å²) in [7, 11) is 5.26. The molecule has 0 aliphatic rings. The topological polar surface area (TPSA) is 78.4 Å². The Balaban J connectivity index is 0.000000255. The molecule has 0 aliphatic carbocycles. The first-order chi connectivity index (χ1) is 16.7. The summed E-state index contributed by atoms with van der Waals surface area (Å²) >= 11 is 0. The molecule has 3 rings (SSSR count). The maximum absolute atomic E-state index is 12.4. The Kier molecular flexibility index (Phi) is 9.54. The van der Waals surface area contributed by atoms with Gasteiger partial charge in [-0.15, -0.1) is 0 Å². The maximum Gasteiger partial charge on any atom is 0.416 e. The van der Waals surface area contributed by atoms with Crippen LogP contribution in [0.15, 0.2) is 54.7 Å². The number of halogens is 6. The van der Waals surface area contributed by atoms with E-state index in [2.05, 4.69) is 15.3 Å². The molecule has 3 aromatic rings. The lowest BCUT2D eigenvalue weighted by molar-refractivity contribution is -0.143. The van der Waals surface area contributed by atoms with Gasteiger partial charge in [0, 0.05) is 18.3 Å². The van der Waals surface area contributed by atoms with Crippen LogP contribution in [0.4, 0.5) is 26.3 Å². The van der Waals surface area contributed by atoms with Crippen molar-refractivity contribution >= 4 is 5.97 Å². The molecule has 0 fully saturated rings. The van der Waals surface area contributed by atoms with E-state index in [-0.39, 0.29) is 23.7 Å². The van der Waals surface area contributed by atoms with Crippen molar-refractivity contribution in [2.24, 2.45) is 0 Å². The van der Waals surface area contributed by atoms with Gasteiger partial charge < -0.3 is 15.3 Å². The Hall–Kier alpha value is -3.51. The van der Waals surface area contributed by atoms with Crippen molar-refractivity contribution in [3.63, 3.8) is 0 Å². The smallest absolute Gasteiger partial charge is 0.416 e. The first-order valence-electron chi connectivity index (χ1n) is 10.4. The highest BCUT2D eigenvalue weighted by Gasteiger charge is 2.36. The first-order valence-corrected chi connectivity index (χ1v) is 10.4. The Bertz CT molecular complexity index is 1130. The van der Waals surface area contributed by atoms with E-state index < -0.39 is 29.4 Å². The minimum atomic E-state index is -4.79. The third kappa shape index (κ3) is 8.31. The molecule has 0 atom stereocenters. The molecule has 6 nitrogen and oxygen atoms in total. The molecule has 0 unspecified atom stereocenters. The van der Waals surface area contributed by atoms with Gasteiger partial charge in [0.1, 0.15) is 11.4 Å². The molecule has 1 heterocycles. The van der Waals surface area contributed by atoms with Crippen LogP contribution in [0.25, 0.3) is 11.3 Å². The van der Waals surface area contributed by atoms with Crippen LogP contribution >= 0.6 is 0 Å². The van der Waals surface area contributed by atoms with Crippen molar-refractivity contribution in [1.29, 1.82) is 0 Å². The van der Waals surface area contributed by atoms with Crippen molar-refractivity contribution in [1.82, 2.24) is 20.2 Å². The molecule has 36 heavy (non-hydrogen) atoms. The minimum Gasteiger partial charge on any atom is -0.478 e. The molecule has 0 bridgehead atoms. The Morgan fingerprint density at radius 1 is 0.972 bits per heavy atom. The van der Waals surface area contributed by atoms with Crippen LogP contribution in [0.5, 0.6) is 0 Å². The van der Waals surface area contributed by atoms with Gasteiger partial charge in [-0.1, -0.05) is 30.3 Å². The minimum absolute atomic E-state index is 0.0605. The molecular weight excluding hydrogens is 490 g/mol. The summed E-state index contributed by atoms with van der Waals surface area (Å²) in [6.45, 7) is 0.507. The average molecular weight is 514 g/mol. The SMILES string of the molecule is CN(C)Cc1ncc(C(=O)O)c(-c2ccccc2)n1.CNCc1cc(C(F)(F)F)cc(C(F)(F)F)c1. The summed E-state index contributed by atoms with van der Waals surface area (Å²) in [6, 6.07) is 10.8. The zero-order valence-corrected chi connectivity index (χ0v) is 19.6. The van der Waals surface area contributed by atoms with E-state index in [0.29, 0.717) is 30.2 Å². The van der Waals surface area contributed by atoms with Gasteiger partial charge in [0.15, 0.2) is 0 Å². The highest BCUT2D eigenvalue weighted by molar-refractivity contribution is 5.94. The fraction of sp³-hybridized carbons (Fsp3) is 0.292. The number of nitrogens with one attached hydrogen (secondary N) is 1. The maximum atomic E-state index is 12.4. The van der Waals surface area contributed by atoms with Crippen molar-refractivity contribution < 1.29 is 36.2 Å². The molecule has 2 aromatic carbocycles. The van der Waals surface area contributed by atoms with Crippen LogP contribution in [-0.4, -0.2) is 47.1 Å². The third-order valence-electron chi connectivity index (χ3n) is 4.60. The molecule has 0 amide bonds. The van der Waals surface area contributed by atoms with E-state index in [1.165, 1.54) is 13.2 Å². The fourth-order valence-electron chi connectivity index (χ4n) is 3.08. The predicted octanol–water partition coefficient (Wildman–Crippen LogP) is 5.35. The van der Waals surface area contributed by atoms with Gasteiger partial charge >= 0.3 is 18.3 Å². The third-order valence-corrected chi connectivity index (χ3v) is 4.60. The molecule has 0 spiro atoms. The van der Waals surface area contributed by atoms with Crippen LogP contribution in [0.1, 0.15) is 32.9 Å². The number of benzene rings is 2. The number of alkyl halides is 6. The second-order valence-electron chi connectivity index (χ2n) is 7.90. The Morgan fingerprint density at radius 2 is 1.53 bits per heavy atom. The number of aromatic nitrogens is 2. The van der Waals surface area contributed by atoms with E-state index in [1.54, 1.807) is 0 Å². The predicted molar refractivity (Wildman–Crippen MR) is 121 cm³/mol. The highest BCUT2D eigenvalue weighted by Crippen LogP contribution is 2.36. The molecule has 0 saturated carbocycles. The van der Waals surface area contributed by atoms with Gasteiger partial charge in [0.05, 0.1) is 23.4 Å². The van der Waals surface area contributed by atoms with Crippen LogP contribution in [-0.2, 0) is 25.4 Å². The summed E-state index contributed by atoms with van der Waals surface area (Å²) in [6.07, 6.45) is -8.20. The summed E-state index contributed by atoms with van der Waals surface area (Å²) in [5.74, 6) is -0.413. The van der Waals surface area contributed by atoms with Crippen LogP contribution in [0, 0.1) is 0 Å². The van der Waals surface area contributed by atoms with Crippen LogP contribution < -0.4 is 5.32 Å². The lowest BCUT2D eigenvalue weighted by Crippen LogP contribution is -2.15. The number of aromatic carboxylic acids is 1. The van der Waals surface area contributed by atoms with Crippen LogP contribution in [0.3, 0.4) is 0 Å². The largest absolute Gasteiger partial charge is 0.478 e. The normalized spacial score (nSPS) is 11.7. The number of carboxylic acid groups (broad SMARTS) is 1. The van der Waals surface area contributed by atoms with E-state index in [4.69, 9.17) is 0 Å². The second kappa shape index (κ2) is 12.0. The monoisotopic (exact) mass is 514 g/mol. The quantitative estimate of drug-likeness (QED) is 0.432. The number of carboxylic acids is 1. The zero-order chi connectivity index (χ0) is 27.1. The second-order valence-corrected chi connectivity index (χ2v) is 7.90. The highest BCUT2D eigenvalue weighted by atomic mass is 19.4. The Labute approximate surface area is 203 Å². The van der Waals surface area contributed by atoms with Gasteiger partial charge in [0.2, 0.25) is 0 Å². The summed E-state index contributed by atoms with van der Waals surface area (Å²) in [5.41, 5.74) is -1.29. The van der Waals surface area contributed by atoms with E-state index in [0.717, 1.165) is 5.56 Å². The summed E-state index contributed by atoms with van der Waals surface area (Å²) in [4.78, 5) is 21.6. The molecular formula is C24H24F6N4O2. The van der Waals surface area contributed by atoms with E-state index in [1.807, 2.05) is 49.3 Å². The molecule has 0 saturated heterocycles. The number of nitrogens with zero attached hydrogens (tertiary/aromatic N) is 3. The van der Waals surface area contributed by atoms with Crippen molar-refractivity contribution in [3.05, 3.63) is 82.8 Å². The van der Waals surface area contributed by atoms with Gasteiger partial charge in [-0.2, -0.15) is 26.3 Å². The number of rotatable bonds is 6. The molecule has 0 aliphatic heterocycles. The lowest BCUT2D eigenvalue weighted by atomic mass is 10.0. The zero-order valence-electron chi connectivity index (χ0n) is 19.6. The fourth-order valence-corrected chi connectivity index (χ4v) is 3.08. The molecule has 194 valence electrons. The summed E-state index contributed by atoms with van der Waals surface area (Å²) < 4.78 is 74.3. The number of hydrogen-bond donors (Lipinski definition) is 2. The van der Waals surface area contributed by atoms with Gasteiger partial charge in [-0.05, 0) is 44.9 Å². The first kappa shape index (κ1) is 28.7. The number of carbonyl (C=O) groups is 1. The molecule has 1 aromatic heterocycles.